The lowest BCUT2D eigenvalue weighted by Crippen LogP contribution is -2.47. The predicted molar refractivity (Wildman–Crippen MR) is 102 cm³/mol. The van der Waals surface area contributed by atoms with Crippen molar-refractivity contribution >= 4 is 22.9 Å². The molecule has 1 aromatic carbocycles. The van der Waals surface area contributed by atoms with Gasteiger partial charge >= 0.3 is 0 Å². The Morgan fingerprint density at radius 2 is 2.15 bits per heavy atom. The molecule has 2 heterocycles. The first kappa shape index (κ1) is 18.4. The highest BCUT2D eigenvalue weighted by Crippen LogP contribution is 2.27. The van der Waals surface area contributed by atoms with Crippen molar-refractivity contribution < 1.29 is 9.18 Å². The van der Waals surface area contributed by atoms with Crippen LogP contribution in [0, 0.1) is 17.1 Å². The molecular formula is C20H22FN3OS. The lowest BCUT2D eigenvalue weighted by atomic mass is 10.0. The summed E-state index contributed by atoms with van der Waals surface area (Å²) >= 11 is 1.47. The molecule has 1 aliphatic heterocycles. The minimum Gasteiger partial charge on any atom is -0.369 e. The van der Waals surface area contributed by atoms with E-state index in [-0.39, 0.29) is 17.8 Å². The van der Waals surface area contributed by atoms with Crippen molar-refractivity contribution in [1.82, 2.24) is 4.90 Å². The zero-order valence-electron chi connectivity index (χ0n) is 14.8. The summed E-state index contributed by atoms with van der Waals surface area (Å²) < 4.78 is 14.3. The number of carbonyl (C=O) groups is 1. The van der Waals surface area contributed by atoms with Crippen LogP contribution in [-0.2, 0) is 0 Å². The van der Waals surface area contributed by atoms with Crippen LogP contribution in [0.3, 0.4) is 0 Å². The van der Waals surface area contributed by atoms with Crippen molar-refractivity contribution in [3.63, 3.8) is 0 Å². The SMILES string of the molecule is CCCN(C(=O)c1cccs1)C1CCN(c2ccc(C#N)cc2F)CC1. The van der Waals surface area contributed by atoms with Gasteiger partial charge in [-0.05, 0) is 48.9 Å². The van der Waals surface area contributed by atoms with Crippen LogP contribution in [0.2, 0.25) is 0 Å². The van der Waals surface area contributed by atoms with Gasteiger partial charge in [0.1, 0.15) is 5.82 Å². The van der Waals surface area contributed by atoms with Gasteiger partial charge < -0.3 is 9.80 Å². The predicted octanol–water partition coefficient (Wildman–Crippen LogP) is 4.28. The van der Waals surface area contributed by atoms with E-state index < -0.39 is 0 Å². The number of anilines is 1. The van der Waals surface area contributed by atoms with Crippen LogP contribution in [0.1, 0.15) is 41.4 Å². The highest BCUT2D eigenvalue weighted by Gasteiger charge is 2.29. The number of thiophene rings is 1. The van der Waals surface area contributed by atoms with E-state index in [1.54, 1.807) is 12.1 Å². The Bertz CT molecular complexity index is 792. The molecule has 1 amide bonds. The normalized spacial score (nSPS) is 14.9. The summed E-state index contributed by atoms with van der Waals surface area (Å²) in [6.07, 6.45) is 2.55. The van der Waals surface area contributed by atoms with Crippen LogP contribution in [0.4, 0.5) is 10.1 Å². The quantitative estimate of drug-likeness (QED) is 0.788. The van der Waals surface area contributed by atoms with Gasteiger partial charge in [-0.15, -0.1) is 11.3 Å². The first-order valence-electron chi connectivity index (χ1n) is 8.93. The Labute approximate surface area is 157 Å². The largest absolute Gasteiger partial charge is 0.369 e. The van der Waals surface area contributed by atoms with Crippen LogP contribution >= 0.6 is 11.3 Å². The van der Waals surface area contributed by atoms with Gasteiger partial charge in [-0.25, -0.2) is 4.39 Å². The lowest BCUT2D eigenvalue weighted by molar-refractivity contribution is 0.0655. The summed E-state index contributed by atoms with van der Waals surface area (Å²) in [5, 5.41) is 10.8. The number of halogens is 1. The van der Waals surface area contributed by atoms with E-state index in [0.717, 1.165) is 30.7 Å². The molecule has 1 aromatic heterocycles. The van der Waals surface area contributed by atoms with Crippen LogP contribution in [-0.4, -0.2) is 36.5 Å². The first-order valence-corrected chi connectivity index (χ1v) is 9.81. The van der Waals surface area contributed by atoms with Gasteiger partial charge in [-0.2, -0.15) is 5.26 Å². The molecule has 0 atom stereocenters. The second-order valence-electron chi connectivity index (χ2n) is 6.47. The summed E-state index contributed by atoms with van der Waals surface area (Å²) in [6.45, 7) is 4.22. The maximum Gasteiger partial charge on any atom is 0.264 e. The molecule has 1 fully saturated rings. The highest BCUT2D eigenvalue weighted by atomic mass is 32.1. The number of piperidine rings is 1. The van der Waals surface area contributed by atoms with Crippen LogP contribution in [0.15, 0.2) is 35.7 Å². The standard InChI is InChI=1S/C20H22FN3OS/c1-2-9-24(20(25)19-4-3-12-26-19)16-7-10-23(11-8-16)18-6-5-15(14-22)13-17(18)21/h3-6,12-13,16H,2,7-11H2,1H3. The van der Waals surface area contributed by atoms with Crippen molar-refractivity contribution in [3.05, 3.63) is 52.0 Å². The second kappa shape index (κ2) is 8.33. The monoisotopic (exact) mass is 371 g/mol. The second-order valence-corrected chi connectivity index (χ2v) is 7.42. The lowest BCUT2D eigenvalue weighted by Gasteiger charge is -2.39. The van der Waals surface area contributed by atoms with Crippen molar-refractivity contribution in [2.75, 3.05) is 24.5 Å². The molecule has 3 rings (SSSR count). The van der Waals surface area contributed by atoms with Crippen LogP contribution in [0.5, 0.6) is 0 Å². The van der Waals surface area contributed by atoms with Crippen molar-refractivity contribution in [2.45, 2.75) is 32.2 Å². The fourth-order valence-corrected chi connectivity index (χ4v) is 4.16. The third-order valence-electron chi connectivity index (χ3n) is 4.78. The van der Waals surface area contributed by atoms with E-state index in [9.17, 15) is 9.18 Å². The number of amides is 1. The molecule has 1 aliphatic rings. The van der Waals surface area contributed by atoms with E-state index >= 15 is 0 Å². The average Bonchev–Trinajstić information content (AvgIpc) is 3.20. The number of benzene rings is 1. The summed E-state index contributed by atoms with van der Waals surface area (Å²) in [7, 11) is 0. The molecular weight excluding hydrogens is 349 g/mol. The van der Waals surface area contributed by atoms with Crippen LogP contribution < -0.4 is 4.90 Å². The maximum absolute atomic E-state index is 14.3. The third-order valence-corrected chi connectivity index (χ3v) is 5.64. The minimum atomic E-state index is -0.359. The number of nitriles is 1. The zero-order valence-corrected chi connectivity index (χ0v) is 15.6. The fraction of sp³-hybridized carbons (Fsp3) is 0.400. The molecule has 4 nitrogen and oxygen atoms in total. The first-order chi connectivity index (χ1) is 12.6. The molecule has 2 aromatic rings. The van der Waals surface area contributed by atoms with Crippen LogP contribution in [0.25, 0.3) is 0 Å². The fourth-order valence-electron chi connectivity index (χ4n) is 3.48. The van der Waals surface area contributed by atoms with E-state index in [1.165, 1.54) is 17.4 Å². The zero-order chi connectivity index (χ0) is 18.5. The van der Waals surface area contributed by atoms with Gasteiger partial charge in [0.25, 0.3) is 5.91 Å². The smallest absolute Gasteiger partial charge is 0.264 e. The molecule has 26 heavy (non-hydrogen) atoms. The molecule has 1 saturated heterocycles. The van der Waals surface area contributed by atoms with E-state index in [1.807, 2.05) is 33.4 Å². The van der Waals surface area contributed by atoms with Gasteiger partial charge in [0, 0.05) is 25.7 Å². The van der Waals surface area contributed by atoms with E-state index in [0.29, 0.717) is 24.3 Å². The number of hydrogen-bond donors (Lipinski definition) is 0. The Kier molecular flexibility index (Phi) is 5.89. The number of hydrogen-bond acceptors (Lipinski definition) is 4. The Morgan fingerprint density at radius 1 is 1.38 bits per heavy atom. The van der Waals surface area contributed by atoms with Gasteiger partial charge in [-0.3, -0.25) is 4.79 Å². The average molecular weight is 371 g/mol. The van der Waals surface area contributed by atoms with E-state index in [2.05, 4.69) is 6.92 Å². The van der Waals surface area contributed by atoms with Crippen molar-refractivity contribution in [2.24, 2.45) is 0 Å². The van der Waals surface area contributed by atoms with Gasteiger partial charge in [0.2, 0.25) is 0 Å². The summed E-state index contributed by atoms with van der Waals surface area (Å²) in [4.78, 5) is 17.6. The minimum absolute atomic E-state index is 0.102. The topological polar surface area (TPSA) is 47.3 Å². The molecule has 0 bridgehead atoms. The third kappa shape index (κ3) is 3.88. The van der Waals surface area contributed by atoms with E-state index in [4.69, 9.17) is 5.26 Å². The molecule has 6 heteroatoms. The van der Waals surface area contributed by atoms with Crippen molar-refractivity contribution in [3.8, 4) is 6.07 Å². The summed E-state index contributed by atoms with van der Waals surface area (Å²) in [6, 6.07) is 10.5. The molecule has 0 N–H and O–H groups in total. The summed E-state index contributed by atoms with van der Waals surface area (Å²) in [5.41, 5.74) is 0.867. The summed E-state index contributed by atoms with van der Waals surface area (Å²) in [5.74, 6) is -0.257. The highest BCUT2D eigenvalue weighted by molar-refractivity contribution is 7.12. The van der Waals surface area contributed by atoms with Gasteiger partial charge in [0.05, 0.1) is 22.2 Å². The number of carbonyl (C=O) groups excluding carboxylic acids is 1. The molecule has 0 spiro atoms. The Hall–Kier alpha value is -2.39. The van der Waals surface area contributed by atoms with Gasteiger partial charge in [-0.1, -0.05) is 13.0 Å². The Balaban J connectivity index is 1.68. The van der Waals surface area contributed by atoms with Gasteiger partial charge in [0.15, 0.2) is 0 Å². The maximum atomic E-state index is 14.3. The molecule has 0 saturated carbocycles. The van der Waals surface area contributed by atoms with Crippen molar-refractivity contribution in [1.29, 1.82) is 5.26 Å². The molecule has 0 radical (unpaired) electrons. The molecule has 0 unspecified atom stereocenters. The number of nitrogens with zero attached hydrogens (tertiary/aromatic N) is 3. The molecule has 136 valence electrons. The molecule has 0 aliphatic carbocycles. The number of rotatable bonds is 5. The Morgan fingerprint density at radius 3 is 2.73 bits per heavy atom.